The number of esters is 1. The van der Waals surface area contributed by atoms with Crippen LogP contribution in [0.3, 0.4) is 0 Å². The molecule has 1 unspecified atom stereocenters. The maximum Gasteiger partial charge on any atom is 0.334 e. The predicted molar refractivity (Wildman–Crippen MR) is 171 cm³/mol. The first-order valence-electron chi connectivity index (χ1n) is 17.9. The molecule has 234 valence electrons. The van der Waals surface area contributed by atoms with Gasteiger partial charge in [0.1, 0.15) is 0 Å². The Balaban J connectivity index is 3.28. The largest absolute Gasteiger partial charge is 0.464 e. The van der Waals surface area contributed by atoms with Crippen molar-refractivity contribution in [3.05, 3.63) is 0 Å². The van der Waals surface area contributed by atoms with E-state index >= 15 is 0 Å². The van der Waals surface area contributed by atoms with Gasteiger partial charge in [-0.15, -0.1) is 0 Å². The molecular formula is C36H72O3. The van der Waals surface area contributed by atoms with Crippen LogP contribution in [0, 0.1) is 5.92 Å². The monoisotopic (exact) mass is 553 g/mol. The SMILES string of the molecule is CCCCCCCCCCCCCCCCC(O)C(=O)OCCCCCCCCCCCCCCCC(C)C. The van der Waals surface area contributed by atoms with Gasteiger partial charge in [-0.25, -0.2) is 4.79 Å². The molecule has 0 aliphatic carbocycles. The molecule has 0 saturated heterocycles. The molecule has 1 N–H and O–H groups in total. The number of aliphatic hydroxyl groups is 1. The van der Waals surface area contributed by atoms with E-state index in [1.165, 1.54) is 154 Å². The smallest absolute Gasteiger partial charge is 0.334 e. The Bertz CT molecular complexity index is 476. The highest BCUT2D eigenvalue weighted by Gasteiger charge is 2.15. The van der Waals surface area contributed by atoms with Crippen molar-refractivity contribution in [3.63, 3.8) is 0 Å². The molecule has 0 heterocycles. The molecule has 3 heteroatoms. The summed E-state index contributed by atoms with van der Waals surface area (Å²) in [4.78, 5) is 12.0. The number of unbranched alkanes of at least 4 members (excludes halogenated alkanes) is 25. The summed E-state index contributed by atoms with van der Waals surface area (Å²) in [5, 5.41) is 10.1. The summed E-state index contributed by atoms with van der Waals surface area (Å²) in [6.07, 6.45) is 36.6. The lowest BCUT2D eigenvalue weighted by Gasteiger charge is -2.10. The number of carbonyl (C=O) groups excluding carboxylic acids is 1. The highest BCUT2D eigenvalue weighted by atomic mass is 16.5. The molecule has 0 spiro atoms. The normalized spacial score (nSPS) is 12.3. The van der Waals surface area contributed by atoms with Crippen LogP contribution in [0.4, 0.5) is 0 Å². The maximum absolute atomic E-state index is 12.0. The fourth-order valence-electron chi connectivity index (χ4n) is 5.52. The average Bonchev–Trinajstić information content (AvgIpc) is 2.92. The molecule has 39 heavy (non-hydrogen) atoms. The molecule has 0 aliphatic rings. The van der Waals surface area contributed by atoms with Gasteiger partial charge in [-0.05, 0) is 18.8 Å². The minimum absolute atomic E-state index is 0.412. The lowest BCUT2D eigenvalue weighted by atomic mass is 10.0. The molecule has 0 aromatic carbocycles. The predicted octanol–water partition coefficient (Wildman–Crippen LogP) is 11.9. The zero-order valence-electron chi connectivity index (χ0n) is 27.1. The van der Waals surface area contributed by atoms with Gasteiger partial charge < -0.3 is 9.84 Å². The lowest BCUT2D eigenvalue weighted by molar-refractivity contribution is -0.154. The number of hydrogen-bond donors (Lipinski definition) is 1. The van der Waals surface area contributed by atoms with Gasteiger partial charge in [0.25, 0.3) is 0 Å². The Labute approximate surface area is 246 Å². The van der Waals surface area contributed by atoms with E-state index in [4.69, 9.17) is 4.74 Å². The summed E-state index contributed by atoms with van der Waals surface area (Å²) in [6.45, 7) is 7.39. The van der Waals surface area contributed by atoms with Crippen LogP contribution >= 0.6 is 0 Å². The van der Waals surface area contributed by atoms with E-state index in [2.05, 4.69) is 20.8 Å². The van der Waals surface area contributed by atoms with E-state index in [0.717, 1.165) is 31.6 Å². The molecule has 1 atom stereocenters. The van der Waals surface area contributed by atoms with Crippen LogP contribution in [0.2, 0.25) is 0 Å². The Morgan fingerprint density at radius 3 is 1.15 bits per heavy atom. The van der Waals surface area contributed by atoms with Gasteiger partial charge in [0.2, 0.25) is 0 Å². The molecule has 0 amide bonds. The average molecular weight is 553 g/mol. The summed E-state index contributed by atoms with van der Waals surface area (Å²) in [5.74, 6) is 0.450. The molecular weight excluding hydrogens is 480 g/mol. The van der Waals surface area contributed by atoms with Crippen molar-refractivity contribution in [2.24, 2.45) is 5.92 Å². The van der Waals surface area contributed by atoms with Crippen molar-refractivity contribution in [2.75, 3.05) is 6.61 Å². The van der Waals surface area contributed by atoms with Gasteiger partial charge in [0.05, 0.1) is 6.61 Å². The molecule has 0 rings (SSSR count). The maximum atomic E-state index is 12.0. The van der Waals surface area contributed by atoms with Crippen molar-refractivity contribution < 1.29 is 14.6 Å². The Kier molecular flexibility index (Phi) is 31.5. The van der Waals surface area contributed by atoms with Crippen LogP contribution in [0.5, 0.6) is 0 Å². The molecule has 0 radical (unpaired) electrons. The summed E-state index contributed by atoms with van der Waals surface area (Å²) >= 11 is 0. The fraction of sp³-hybridized carbons (Fsp3) is 0.972. The molecule has 0 saturated carbocycles. The summed E-state index contributed by atoms with van der Waals surface area (Å²) in [6, 6.07) is 0. The third kappa shape index (κ3) is 31.8. The summed E-state index contributed by atoms with van der Waals surface area (Å²) in [7, 11) is 0. The van der Waals surface area contributed by atoms with E-state index in [-0.39, 0.29) is 0 Å². The van der Waals surface area contributed by atoms with Gasteiger partial charge in [-0.1, -0.05) is 194 Å². The lowest BCUT2D eigenvalue weighted by Crippen LogP contribution is -2.23. The minimum atomic E-state index is -0.928. The van der Waals surface area contributed by atoms with Gasteiger partial charge in [0.15, 0.2) is 6.10 Å². The number of rotatable bonds is 32. The van der Waals surface area contributed by atoms with E-state index < -0.39 is 12.1 Å². The van der Waals surface area contributed by atoms with E-state index in [1.54, 1.807) is 0 Å². The summed E-state index contributed by atoms with van der Waals surface area (Å²) < 4.78 is 5.30. The second-order valence-corrected chi connectivity index (χ2v) is 12.8. The van der Waals surface area contributed by atoms with Crippen LogP contribution in [0.15, 0.2) is 0 Å². The Morgan fingerprint density at radius 1 is 0.487 bits per heavy atom. The quantitative estimate of drug-likeness (QED) is 0.0666. The van der Waals surface area contributed by atoms with Crippen LogP contribution in [0.25, 0.3) is 0 Å². The second-order valence-electron chi connectivity index (χ2n) is 12.8. The standard InChI is InChI=1S/C36H72O3/c1-4-5-6-7-8-9-10-11-14-17-20-23-26-29-32-35(37)36(38)39-33-30-27-24-21-18-15-12-13-16-19-22-25-28-31-34(2)3/h34-35,37H,4-33H2,1-3H3. The first kappa shape index (κ1) is 38.4. The van der Waals surface area contributed by atoms with Gasteiger partial charge in [-0.2, -0.15) is 0 Å². The minimum Gasteiger partial charge on any atom is -0.464 e. The molecule has 0 aromatic rings. The van der Waals surface area contributed by atoms with E-state index in [9.17, 15) is 9.90 Å². The van der Waals surface area contributed by atoms with Crippen LogP contribution < -0.4 is 0 Å². The topological polar surface area (TPSA) is 46.5 Å². The van der Waals surface area contributed by atoms with Crippen molar-refractivity contribution in [1.82, 2.24) is 0 Å². The third-order valence-corrected chi connectivity index (χ3v) is 8.27. The number of aliphatic hydroxyl groups excluding tert-OH is 1. The zero-order chi connectivity index (χ0) is 28.7. The van der Waals surface area contributed by atoms with Gasteiger partial charge in [-0.3, -0.25) is 0 Å². The Morgan fingerprint density at radius 2 is 0.795 bits per heavy atom. The number of hydrogen-bond acceptors (Lipinski definition) is 3. The van der Waals surface area contributed by atoms with Crippen LogP contribution in [-0.2, 0) is 9.53 Å². The van der Waals surface area contributed by atoms with E-state index in [1.807, 2.05) is 0 Å². The number of ether oxygens (including phenoxy) is 1. The second kappa shape index (κ2) is 32.0. The number of carbonyl (C=O) groups is 1. The molecule has 0 fully saturated rings. The highest BCUT2D eigenvalue weighted by Crippen LogP contribution is 2.16. The molecule has 0 aromatic heterocycles. The van der Waals surface area contributed by atoms with Gasteiger partial charge in [0, 0.05) is 0 Å². The van der Waals surface area contributed by atoms with Crippen molar-refractivity contribution >= 4 is 5.97 Å². The fourth-order valence-corrected chi connectivity index (χ4v) is 5.52. The van der Waals surface area contributed by atoms with Crippen LogP contribution in [0.1, 0.15) is 207 Å². The van der Waals surface area contributed by atoms with Crippen LogP contribution in [-0.4, -0.2) is 23.8 Å². The van der Waals surface area contributed by atoms with E-state index in [0.29, 0.717) is 13.0 Å². The van der Waals surface area contributed by atoms with Gasteiger partial charge >= 0.3 is 5.97 Å². The first-order chi connectivity index (χ1) is 19.1. The summed E-state index contributed by atoms with van der Waals surface area (Å²) in [5.41, 5.74) is 0. The zero-order valence-corrected chi connectivity index (χ0v) is 27.1. The molecule has 3 nitrogen and oxygen atoms in total. The first-order valence-corrected chi connectivity index (χ1v) is 17.9. The van der Waals surface area contributed by atoms with Crippen molar-refractivity contribution in [1.29, 1.82) is 0 Å². The highest BCUT2D eigenvalue weighted by molar-refractivity contribution is 5.74. The Hall–Kier alpha value is -0.570. The molecule has 0 aliphatic heterocycles. The van der Waals surface area contributed by atoms with Crippen molar-refractivity contribution in [3.8, 4) is 0 Å². The third-order valence-electron chi connectivity index (χ3n) is 8.27. The van der Waals surface area contributed by atoms with Crippen molar-refractivity contribution in [2.45, 2.75) is 213 Å². The molecule has 0 bridgehead atoms.